The minimum absolute atomic E-state index is 0.385. The third kappa shape index (κ3) is 3.56. The predicted molar refractivity (Wildman–Crippen MR) is 118 cm³/mol. The van der Waals surface area contributed by atoms with E-state index in [1.54, 1.807) is 12.3 Å². The average molecular weight is 418 g/mol. The quantitative estimate of drug-likeness (QED) is 0.566. The average Bonchev–Trinajstić information content (AvgIpc) is 3.18. The van der Waals surface area contributed by atoms with Crippen LogP contribution in [0.15, 0.2) is 72.1 Å². The maximum Gasteiger partial charge on any atom is 0.348 e. The molecule has 3 aromatic rings. The number of hydrogen-bond acceptors (Lipinski definition) is 4. The van der Waals surface area contributed by atoms with Gasteiger partial charge in [0.2, 0.25) is 0 Å². The number of fused-ring (bicyclic) bond motifs is 1. The molecule has 0 aliphatic carbocycles. The van der Waals surface area contributed by atoms with Crippen molar-refractivity contribution < 1.29 is 4.79 Å². The van der Waals surface area contributed by atoms with Gasteiger partial charge in [0.15, 0.2) is 0 Å². The molecule has 1 aromatic heterocycles. The fraction of sp³-hybridized carbons (Fsp3) is 0.174. The molecule has 1 aliphatic rings. The highest BCUT2D eigenvalue weighted by Crippen LogP contribution is 2.44. The normalized spacial score (nSPS) is 15.2. The van der Waals surface area contributed by atoms with Crippen molar-refractivity contribution in [1.82, 2.24) is 9.78 Å². The zero-order valence-electron chi connectivity index (χ0n) is 16.4. The van der Waals surface area contributed by atoms with Gasteiger partial charge in [-0.15, -0.1) is 0 Å². The number of rotatable bonds is 4. The molecular formula is C23H20ClN5O. The van der Waals surface area contributed by atoms with E-state index >= 15 is 0 Å². The third-order valence-electron chi connectivity index (χ3n) is 5.05. The second kappa shape index (κ2) is 8.44. The molecule has 2 heterocycles. The summed E-state index contributed by atoms with van der Waals surface area (Å²) in [7, 11) is 0. The van der Waals surface area contributed by atoms with Gasteiger partial charge in [-0.25, -0.2) is 4.79 Å². The summed E-state index contributed by atoms with van der Waals surface area (Å²) in [6.45, 7) is 2.04. The lowest BCUT2D eigenvalue weighted by atomic mass is 9.82. The van der Waals surface area contributed by atoms with Crippen molar-refractivity contribution in [2.24, 2.45) is 0 Å². The Labute approximate surface area is 179 Å². The molecular weight excluding hydrogens is 398 g/mol. The Bertz CT molecular complexity index is 1160. The Morgan fingerprint density at radius 2 is 1.93 bits per heavy atom. The number of amides is 1. The van der Waals surface area contributed by atoms with Crippen LogP contribution in [0, 0.1) is 11.3 Å². The minimum Gasteiger partial charge on any atom is -0.342 e. The first-order chi connectivity index (χ1) is 14.6. The largest absolute Gasteiger partial charge is 0.348 e. The molecule has 0 spiro atoms. The number of carbonyl (C=O) groups excluding carboxylic acids is 1. The molecule has 2 N–H and O–H groups in total. The van der Waals surface area contributed by atoms with Crippen molar-refractivity contribution >= 4 is 29.1 Å². The van der Waals surface area contributed by atoms with Gasteiger partial charge in [0, 0.05) is 22.0 Å². The van der Waals surface area contributed by atoms with Crippen LogP contribution in [-0.2, 0) is 0 Å². The van der Waals surface area contributed by atoms with E-state index < -0.39 is 0 Å². The van der Waals surface area contributed by atoms with Gasteiger partial charge in [0.05, 0.1) is 23.8 Å². The van der Waals surface area contributed by atoms with Gasteiger partial charge in [0.1, 0.15) is 5.82 Å². The highest BCUT2D eigenvalue weighted by atomic mass is 35.5. The second-order valence-electron chi connectivity index (χ2n) is 6.99. The van der Waals surface area contributed by atoms with Gasteiger partial charge >= 0.3 is 6.03 Å². The highest BCUT2D eigenvalue weighted by molar-refractivity contribution is 6.31. The van der Waals surface area contributed by atoms with Crippen molar-refractivity contribution in [2.45, 2.75) is 25.7 Å². The number of aromatic nitrogens is 2. The van der Waals surface area contributed by atoms with Crippen LogP contribution in [-0.4, -0.2) is 15.8 Å². The van der Waals surface area contributed by atoms with Crippen LogP contribution in [0.5, 0.6) is 0 Å². The molecule has 6 nitrogen and oxygen atoms in total. The van der Waals surface area contributed by atoms with Gasteiger partial charge in [-0.2, -0.15) is 15.0 Å². The summed E-state index contributed by atoms with van der Waals surface area (Å²) < 4.78 is 1.30. The minimum atomic E-state index is -0.389. The standard InChI is InChI=1S/C23H20ClN5O/c1-2-8-20-17(13-25)21(16-11-6-7-12-19(16)24)18-14-26-29(22(18)28-20)23(30)27-15-9-4-3-5-10-15/h3-7,9-12,14,21,28H,2,8H2,1H3,(H,27,30). The summed E-state index contributed by atoms with van der Waals surface area (Å²) in [5, 5.41) is 21.0. The molecule has 0 saturated heterocycles. The molecule has 7 heteroatoms. The summed E-state index contributed by atoms with van der Waals surface area (Å²) in [6, 6.07) is 18.6. The van der Waals surface area contributed by atoms with E-state index in [1.807, 2.05) is 55.5 Å². The van der Waals surface area contributed by atoms with Crippen LogP contribution >= 0.6 is 11.6 Å². The zero-order valence-corrected chi connectivity index (χ0v) is 17.1. The number of nitrogens with one attached hydrogen (secondary N) is 2. The molecule has 150 valence electrons. The van der Waals surface area contributed by atoms with Gasteiger partial charge in [-0.05, 0) is 30.2 Å². The molecule has 0 saturated carbocycles. The number of halogens is 1. The van der Waals surface area contributed by atoms with Gasteiger partial charge in [0.25, 0.3) is 0 Å². The van der Waals surface area contributed by atoms with Gasteiger partial charge in [-0.3, -0.25) is 0 Å². The Morgan fingerprint density at radius 1 is 1.20 bits per heavy atom. The first-order valence-corrected chi connectivity index (χ1v) is 10.1. The molecule has 2 aromatic carbocycles. The van der Waals surface area contributed by atoms with Crippen molar-refractivity contribution in [3.63, 3.8) is 0 Å². The second-order valence-corrected chi connectivity index (χ2v) is 7.40. The van der Waals surface area contributed by atoms with Crippen LogP contribution in [0.25, 0.3) is 0 Å². The molecule has 1 aliphatic heterocycles. The smallest absolute Gasteiger partial charge is 0.342 e. The van der Waals surface area contributed by atoms with Crippen molar-refractivity contribution in [1.29, 1.82) is 5.26 Å². The van der Waals surface area contributed by atoms with Crippen LogP contribution in [0.1, 0.15) is 36.8 Å². The SMILES string of the molecule is CCCC1=C(C#N)C(c2ccccc2Cl)c2cnn(C(=O)Nc3ccccc3)c2N1. The van der Waals surface area contributed by atoms with E-state index in [0.29, 0.717) is 28.5 Å². The third-order valence-corrected chi connectivity index (χ3v) is 5.39. The topological polar surface area (TPSA) is 82.7 Å². The number of nitrogens with zero attached hydrogens (tertiary/aromatic N) is 3. The summed E-state index contributed by atoms with van der Waals surface area (Å²) >= 11 is 6.49. The Morgan fingerprint density at radius 3 is 2.63 bits per heavy atom. The molecule has 30 heavy (non-hydrogen) atoms. The molecule has 0 radical (unpaired) electrons. The lowest BCUT2D eigenvalue weighted by Crippen LogP contribution is -2.25. The number of hydrogen-bond donors (Lipinski definition) is 2. The van der Waals surface area contributed by atoms with Gasteiger partial charge in [-0.1, -0.05) is 61.3 Å². The fourth-order valence-electron chi connectivity index (χ4n) is 3.70. The van der Waals surface area contributed by atoms with Crippen molar-refractivity contribution in [2.75, 3.05) is 10.6 Å². The monoisotopic (exact) mass is 417 g/mol. The maximum atomic E-state index is 12.9. The van der Waals surface area contributed by atoms with Crippen molar-refractivity contribution in [3.8, 4) is 6.07 Å². The molecule has 4 rings (SSSR count). The number of benzene rings is 2. The molecule has 1 unspecified atom stereocenters. The van der Waals surface area contributed by atoms with E-state index in [0.717, 1.165) is 23.2 Å². The van der Waals surface area contributed by atoms with E-state index in [1.165, 1.54) is 4.68 Å². The van der Waals surface area contributed by atoms with Gasteiger partial charge < -0.3 is 10.6 Å². The van der Waals surface area contributed by atoms with E-state index in [2.05, 4.69) is 21.8 Å². The van der Waals surface area contributed by atoms with E-state index in [9.17, 15) is 10.1 Å². The zero-order chi connectivity index (χ0) is 21.1. The van der Waals surface area contributed by atoms with E-state index in [-0.39, 0.29) is 11.9 Å². The summed E-state index contributed by atoms with van der Waals surface area (Å²) in [5.74, 6) is 0.163. The number of para-hydroxylation sites is 1. The first-order valence-electron chi connectivity index (χ1n) is 9.73. The molecule has 1 atom stereocenters. The molecule has 1 amide bonds. The Balaban J connectivity index is 1.80. The number of allylic oxidation sites excluding steroid dienone is 2. The summed E-state index contributed by atoms with van der Waals surface area (Å²) in [6.07, 6.45) is 3.15. The lowest BCUT2D eigenvalue weighted by molar-refractivity contribution is 0.251. The maximum absolute atomic E-state index is 12.9. The Hall–Kier alpha value is -3.56. The molecule has 0 bridgehead atoms. The number of nitriles is 1. The first kappa shape index (κ1) is 19.7. The highest BCUT2D eigenvalue weighted by Gasteiger charge is 2.34. The Kier molecular flexibility index (Phi) is 5.55. The summed E-state index contributed by atoms with van der Waals surface area (Å²) in [5.41, 5.74) is 3.61. The van der Waals surface area contributed by atoms with Crippen LogP contribution in [0.2, 0.25) is 5.02 Å². The lowest BCUT2D eigenvalue weighted by Gasteiger charge is -2.27. The molecule has 0 fully saturated rings. The van der Waals surface area contributed by atoms with E-state index in [4.69, 9.17) is 11.6 Å². The summed E-state index contributed by atoms with van der Waals surface area (Å²) in [4.78, 5) is 12.9. The fourth-order valence-corrected chi connectivity index (χ4v) is 3.95. The van der Waals surface area contributed by atoms with Crippen LogP contribution in [0.3, 0.4) is 0 Å². The van der Waals surface area contributed by atoms with Crippen LogP contribution < -0.4 is 10.6 Å². The number of anilines is 2. The van der Waals surface area contributed by atoms with Crippen LogP contribution in [0.4, 0.5) is 16.3 Å². The number of carbonyl (C=O) groups is 1. The predicted octanol–water partition coefficient (Wildman–Crippen LogP) is 5.75. The van der Waals surface area contributed by atoms with Crippen molar-refractivity contribution in [3.05, 3.63) is 88.2 Å².